The maximum atomic E-state index is 12.9. The molecule has 0 spiro atoms. The van der Waals surface area contributed by atoms with E-state index in [0.29, 0.717) is 24.6 Å². The Bertz CT molecular complexity index is 880. The highest BCUT2D eigenvalue weighted by molar-refractivity contribution is 6.05. The van der Waals surface area contributed by atoms with Gasteiger partial charge in [-0.2, -0.15) is 0 Å². The fourth-order valence-electron chi connectivity index (χ4n) is 2.78. The maximum absolute atomic E-state index is 12.9. The number of carbonyl (C=O) groups is 1. The second-order valence-electron chi connectivity index (χ2n) is 6.02. The van der Waals surface area contributed by atoms with Crippen LogP contribution >= 0.6 is 0 Å². The lowest BCUT2D eigenvalue weighted by Crippen LogP contribution is -2.31. The number of carbonyl (C=O) groups excluding carboxylic acids is 1. The minimum absolute atomic E-state index is 0.139. The molecule has 0 saturated carbocycles. The van der Waals surface area contributed by atoms with E-state index in [-0.39, 0.29) is 5.91 Å². The second-order valence-corrected chi connectivity index (χ2v) is 6.02. The summed E-state index contributed by atoms with van der Waals surface area (Å²) in [4.78, 5) is 22.9. The van der Waals surface area contributed by atoms with E-state index in [1.54, 1.807) is 11.0 Å². The van der Waals surface area contributed by atoms with Crippen molar-refractivity contribution in [1.29, 1.82) is 0 Å². The second kappa shape index (κ2) is 8.25. The lowest BCUT2D eigenvalue weighted by Gasteiger charge is -2.20. The molecule has 0 aliphatic carbocycles. The van der Waals surface area contributed by atoms with Crippen LogP contribution in [0, 0.1) is 6.92 Å². The van der Waals surface area contributed by atoms with Crippen LogP contribution in [0.15, 0.2) is 67.0 Å². The van der Waals surface area contributed by atoms with E-state index in [1.807, 2.05) is 43.3 Å². The SMILES string of the molecule is CCN(C(=O)c1cc(NCc2cccc(C)c2)ncn1)c1ccccc1. The Morgan fingerprint density at radius 2 is 1.85 bits per heavy atom. The van der Waals surface area contributed by atoms with Crippen molar-refractivity contribution in [2.24, 2.45) is 0 Å². The molecule has 1 heterocycles. The van der Waals surface area contributed by atoms with E-state index in [1.165, 1.54) is 11.9 Å². The summed E-state index contributed by atoms with van der Waals surface area (Å²) in [6.45, 7) is 5.22. The molecule has 26 heavy (non-hydrogen) atoms. The molecule has 0 radical (unpaired) electrons. The number of hydrogen-bond donors (Lipinski definition) is 1. The van der Waals surface area contributed by atoms with Gasteiger partial charge in [0.2, 0.25) is 0 Å². The van der Waals surface area contributed by atoms with Gasteiger partial charge in [-0.1, -0.05) is 48.0 Å². The normalized spacial score (nSPS) is 10.4. The molecule has 0 aliphatic heterocycles. The smallest absolute Gasteiger partial charge is 0.277 e. The molecular weight excluding hydrogens is 324 g/mol. The third-order valence-corrected chi connectivity index (χ3v) is 4.07. The number of hydrogen-bond acceptors (Lipinski definition) is 4. The van der Waals surface area contributed by atoms with Crippen molar-refractivity contribution in [3.05, 3.63) is 83.8 Å². The van der Waals surface area contributed by atoms with Gasteiger partial charge in [0.25, 0.3) is 5.91 Å². The van der Waals surface area contributed by atoms with Gasteiger partial charge >= 0.3 is 0 Å². The highest BCUT2D eigenvalue weighted by Crippen LogP contribution is 2.17. The molecule has 0 saturated heterocycles. The molecule has 5 heteroatoms. The fraction of sp³-hybridized carbons (Fsp3) is 0.190. The van der Waals surface area contributed by atoms with Crippen molar-refractivity contribution in [3.63, 3.8) is 0 Å². The van der Waals surface area contributed by atoms with E-state index >= 15 is 0 Å². The molecule has 132 valence electrons. The zero-order valence-corrected chi connectivity index (χ0v) is 15.0. The van der Waals surface area contributed by atoms with Crippen LogP contribution in [0.1, 0.15) is 28.5 Å². The fourth-order valence-corrected chi connectivity index (χ4v) is 2.78. The van der Waals surface area contributed by atoms with Gasteiger partial charge in [0.15, 0.2) is 0 Å². The first-order chi connectivity index (χ1) is 12.7. The molecule has 1 amide bonds. The predicted octanol–water partition coefficient (Wildman–Crippen LogP) is 4.06. The van der Waals surface area contributed by atoms with Gasteiger partial charge in [0.1, 0.15) is 17.8 Å². The third-order valence-electron chi connectivity index (χ3n) is 4.07. The van der Waals surface area contributed by atoms with E-state index in [0.717, 1.165) is 11.3 Å². The number of aromatic nitrogens is 2. The molecule has 3 aromatic rings. The number of nitrogens with zero attached hydrogens (tertiary/aromatic N) is 3. The zero-order chi connectivity index (χ0) is 18.4. The van der Waals surface area contributed by atoms with Crippen molar-refractivity contribution < 1.29 is 4.79 Å². The first kappa shape index (κ1) is 17.6. The first-order valence-corrected chi connectivity index (χ1v) is 8.65. The third kappa shape index (κ3) is 4.25. The highest BCUT2D eigenvalue weighted by atomic mass is 16.2. The van der Waals surface area contributed by atoms with Crippen molar-refractivity contribution in [2.45, 2.75) is 20.4 Å². The predicted molar refractivity (Wildman–Crippen MR) is 104 cm³/mol. The molecule has 0 atom stereocenters. The monoisotopic (exact) mass is 346 g/mol. The molecule has 1 aromatic heterocycles. The standard InChI is InChI=1S/C21H22N4O/c1-3-25(18-10-5-4-6-11-18)21(26)19-13-20(24-15-23-19)22-14-17-9-7-8-16(2)12-17/h4-13,15H,3,14H2,1-2H3,(H,22,23,24). The summed E-state index contributed by atoms with van der Waals surface area (Å²) in [7, 11) is 0. The topological polar surface area (TPSA) is 58.1 Å². The summed E-state index contributed by atoms with van der Waals surface area (Å²) in [6, 6.07) is 19.6. The van der Waals surface area contributed by atoms with E-state index in [4.69, 9.17) is 0 Å². The van der Waals surface area contributed by atoms with Gasteiger partial charge in [-0.15, -0.1) is 0 Å². The Morgan fingerprint density at radius 1 is 1.04 bits per heavy atom. The van der Waals surface area contributed by atoms with E-state index < -0.39 is 0 Å². The Labute approximate surface area is 153 Å². The van der Waals surface area contributed by atoms with Crippen LogP contribution in [0.25, 0.3) is 0 Å². The van der Waals surface area contributed by atoms with Gasteiger partial charge in [0, 0.05) is 24.8 Å². The average Bonchev–Trinajstić information content (AvgIpc) is 2.68. The lowest BCUT2D eigenvalue weighted by atomic mass is 10.1. The number of amides is 1. The van der Waals surface area contributed by atoms with Crippen LogP contribution in [0.3, 0.4) is 0 Å². The minimum atomic E-state index is -0.139. The summed E-state index contributed by atoms with van der Waals surface area (Å²) < 4.78 is 0. The number of rotatable bonds is 6. The number of aryl methyl sites for hydroxylation is 1. The summed E-state index contributed by atoms with van der Waals surface area (Å²) in [5, 5.41) is 3.26. The van der Waals surface area contributed by atoms with Crippen molar-refractivity contribution >= 4 is 17.4 Å². The van der Waals surface area contributed by atoms with Gasteiger partial charge in [-0.05, 0) is 31.5 Å². The largest absolute Gasteiger partial charge is 0.366 e. The molecule has 0 bridgehead atoms. The van der Waals surface area contributed by atoms with Gasteiger partial charge in [-0.25, -0.2) is 9.97 Å². The van der Waals surface area contributed by atoms with Crippen LogP contribution in [0.5, 0.6) is 0 Å². The summed E-state index contributed by atoms with van der Waals surface area (Å²) in [6.07, 6.45) is 1.42. The Balaban J connectivity index is 1.74. The van der Waals surface area contributed by atoms with Crippen molar-refractivity contribution in [2.75, 3.05) is 16.8 Å². The van der Waals surface area contributed by atoms with Crippen LogP contribution < -0.4 is 10.2 Å². The Hall–Kier alpha value is -3.21. The summed E-state index contributed by atoms with van der Waals surface area (Å²) >= 11 is 0. The number of para-hydroxylation sites is 1. The summed E-state index contributed by atoms with van der Waals surface area (Å²) in [5.74, 6) is 0.494. The summed E-state index contributed by atoms with van der Waals surface area (Å²) in [5.41, 5.74) is 3.60. The number of anilines is 2. The van der Waals surface area contributed by atoms with Crippen LogP contribution in [0.4, 0.5) is 11.5 Å². The zero-order valence-electron chi connectivity index (χ0n) is 15.0. The molecule has 3 rings (SSSR count). The van der Waals surface area contributed by atoms with Crippen molar-refractivity contribution in [3.8, 4) is 0 Å². The van der Waals surface area contributed by atoms with Crippen LogP contribution in [-0.4, -0.2) is 22.4 Å². The van der Waals surface area contributed by atoms with E-state index in [2.05, 4.69) is 40.4 Å². The molecule has 5 nitrogen and oxygen atoms in total. The van der Waals surface area contributed by atoms with Gasteiger partial charge < -0.3 is 10.2 Å². The molecule has 2 aromatic carbocycles. The molecule has 0 aliphatic rings. The van der Waals surface area contributed by atoms with E-state index in [9.17, 15) is 4.79 Å². The lowest BCUT2D eigenvalue weighted by molar-refractivity contribution is 0.0983. The molecule has 0 fully saturated rings. The number of benzene rings is 2. The first-order valence-electron chi connectivity index (χ1n) is 8.65. The molecular formula is C21H22N4O. The van der Waals surface area contributed by atoms with Gasteiger partial charge in [-0.3, -0.25) is 4.79 Å². The maximum Gasteiger partial charge on any atom is 0.277 e. The Morgan fingerprint density at radius 3 is 2.58 bits per heavy atom. The van der Waals surface area contributed by atoms with Gasteiger partial charge in [0.05, 0.1) is 0 Å². The number of nitrogens with one attached hydrogen (secondary N) is 1. The quantitative estimate of drug-likeness (QED) is 0.731. The highest BCUT2D eigenvalue weighted by Gasteiger charge is 2.17. The van der Waals surface area contributed by atoms with Crippen molar-refractivity contribution in [1.82, 2.24) is 9.97 Å². The Kier molecular flexibility index (Phi) is 5.59. The molecule has 0 unspecified atom stereocenters. The average molecular weight is 346 g/mol. The van der Waals surface area contributed by atoms with Crippen LogP contribution in [-0.2, 0) is 6.54 Å². The minimum Gasteiger partial charge on any atom is -0.366 e. The van der Waals surface area contributed by atoms with Crippen LogP contribution in [0.2, 0.25) is 0 Å². The molecule has 1 N–H and O–H groups in total.